The number of hydrogen-bond acceptors (Lipinski definition) is 7. The topological polar surface area (TPSA) is 126 Å². The van der Waals surface area contributed by atoms with E-state index in [1.807, 2.05) is 6.92 Å². The second kappa shape index (κ2) is 8.03. The molecule has 31 heavy (non-hydrogen) atoms. The lowest BCUT2D eigenvalue weighted by atomic mass is 10.1. The van der Waals surface area contributed by atoms with Crippen molar-refractivity contribution >= 4 is 32.6 Å². The summed E-state index contributed by atoms with van der Waals surface area (Å²) in [5.74, 6) is -0.610. The fraction of sp³-hybridized carbons (Fsp3) is 0.286. The monoisotopic (exact) mass is 441 g/mol. The van der Waals surface area contributed by atoms with E-state index in [4.69, 9.17) is 0 Å². The lowest BCUT2D eigenvalue weighted by Gasteiger charge is -2.23. The number of aromatic hydroxyl groups is 1. The molecule has 0 radical (unpaired) electrons. The summed E-state index contributed by atoms with van der Waals surface area (Å²) in [5, 5.41) is 14.1. The van der Waals surface area contributed by atoms with Crippen LogP contribution >= 0.6 is 0 Å². The highest BCUT2D eigenvalue weighted by Crippen LogP contribution is 2.31. The summed E-state index contributed by atoms with van der Waals surface area (Å²) in [6.45, 7) is 4.06. The number of nitrogens with zero attached hydrogens (tertiary/aromatic N) is 3. The van der Waals surface area contributed by atoms with Crippen molar-refractivity contribution in [2.75, 3.05) is 10.7 Å². The molecule has 0 bridgehead atoms. The Balaban J connectivity index is 1.96. The Morgan fingerprint density at radius 2 is 1.97 bits per heavy atom. The molecule has 0 aliphatic carbocycles. The minimum absolute atomic E-state index is 0.00369. The maximum atomic E-state index is 13.5. The van der Waals surface area contributed by atoms with Crippen molar-refractivity contribution in [3.8, 4) is 5.75 Å². The van der Waals surface area contributed by atoms with E-state index in [1.54, 1.807) is 30.3 Å². The number of para-hydroxylation sites is 1. The van der Waals surface area contributed by atoms with Crippen molar-refractivity contribution < 1.29 is 13.5 Å². The first-order valence-electron chi connectivity index (χ1n) is 10.1. The fourth-order valence-corrected chi connectivity index (χ4v) is 4.77. The van der Waals surface area contributed by atoms with Crippen LogP contribution in [0.4, 0.5) is 5.69 Å². The Bertz CT molecular complexity index is 1350. The molecular weight excluding hydrogens is 418 g/mol. The molecule has 0 saturated heterocycles. The fourth-order valence-electron chi connectivity index (χ4n) is 3.65. The van der Waals surface area contributed by atoms with Crippen molar-refractivity contribution in [3.63, 3.8) is 0 Å². The number of aromatic nitrogens is 2. The lowest BCUT2D eigenvalue weighted by Crippen LogP contribution is -2.40. The molecule has 1 aliphatic heterocycles. The average molecular weight is 442 g/mol. The summed E-state index contributed by atoms with van der Waals surface area (Å²) in [6.07, 6.45) is 4.04. The number of nitrogens with one attached hydrogen (secondary N) is 2. The van der Waals surface area contributed by atoms with Gasteiger partial charge in [0.25, 0.3) is 15.6 Å². The van der Waals surface area contributed by atoms with Gasteiger partial charge in [0.2, 0.25) is 0 Å². The summed E-state index contributed by atoms with van der Waals surface area (Å²) in [4.78, 5) is 17.7. The lowest BCUT2D eigenvalue weighted by molar-refractivity contribution is 0.477. The Hall–Kier alpha value is -3.40. The van der Waals surface area contributed by atoms with Crippen LogP contribution in [0.5, 0.6) is 5.75 Å². The second-order valence-electron chi connectivity index (χ2n) is 7.30. The van der Waals surface area contributed by atoms with E-state index in [2.05, 4.69) is 27.0 Å². The summed E-state index contributed by atoms with van der Waals surface area (Å²) >= 11 is 0. The number of benzene rings is 1. The van der Waals surface area contributed by atoms with Crippen molar-refractivity contribution in [2.24, 2.45) is 4.40 Å². The van der Waals surface area contributed by atoms with Gasteiger partial charge in [-0.05, 0) is 37.1 Å². The highest BCUT2D eigenvalue weighted by atomic mass is 32.2. The van der Waals surface area contributed by atoms with Crippen molar-refractivity contribution in [1.29, 1.82) is 0 Å². The smallest absolute Gasteiger partial charge is 0.286 e. The van der Waals surface area contributed by atoms with E-state index < -0.39 is 15.6 Å². The summed E-state index contributed by atoms with van der Waals surface area (Å²) in [6, 6.07) is 9.51. The molecule has 1 unspecified atom stereocenters. The molecule has 3 heterocycles. The van der Waals surface area contributed by atoms with Crippen molar-refractivity contribution in [1.82, 2.24) is 9.66 Å². The van der Waals surface area contributed by atoms with Gasteiger partial charge in [0.15, 0.2) is 11.5 Å². The van der Waals surface area contributed by atoms with Crippen LogP contribution in [-0.4, -0.2) is 35.1 Å². The number of hydrogen-bond donors (Lipinski definition) is 3. The molecule has 1 aliphatic rings. The molecule has 9 nitrogen and oxygen atoms in total. The Kier molecular flexibility index (Phi) is 5.40. The third kappa shape index (κ3) is 3.63. The summed E-state index contributed by atoms with van der Waals surface area (Å²) in [5.41, 5.74) is 2.85. The minimum Gasteiger partial charge on any atom is -0.506 e. The van der Waals surface area contributed by atoms with Crippen LogP contribution in [-0.2, 0) is 10.0 Å². The number of amidine groups is 1. The highest BCUT2D eigenvalue weighted by molar-refractivity contribution is 7.90. The van der Waals surface area contributed by atoms with Gasteiger partial charge >= 0.3 is 0 Å². The van der Waals surface area contributed by atoms with Crippen LogP contribution in [0, 0.1) is 0 Å². The van der Waals surface area contributed by atoms with Crippen LogP contribution in [0.25, 0.3) is 11.0 Å². The van der Waals surface area contributed by atoms with Gasteiger partial charge in [-0.2, -0.15) is 8.42 Å². The van der Waals surface area contributed by atoms with Gasteiger partial charge in [-0.15, -0.1) is 4.40 Å². The first kappa shape index (κ1) is 20.9. The minimum atomic E-state index is -4.05. The molecule has 3 N–H and O–H groups in total. The zero-order chi connectivity index (χ0) is 22.2. The van der Waals surface area contributed by atoms with Gasteiger partial charge in [-0.1, -0.05) is 32.4 Å². The zero-order valence-corrected chi connectivity index (χ0v) is 18.0. The highest BCUT2D eigenvalue weighted by Gasteiger charge is 2.30. The maximum Gasteiger partial charge on any atom is 0.286 e. The molecule has 0 amide bonds. The van der Waals surface area contributed by atoms with Crippen LogP contribution in [0.15, 0.2) is 56.7 Å². The van der Waals surface area contributed by atoms with Gasteiger partial charge in [0.1, 0.15) is 16.2 Å². The van der Waals surface area contributed by atoms with Gasteiger partial charge in [0.05, 0.1) is 11.1 Å². The molecule has 0 saturated carbocycles. The SMILES string of the molecule is CCCC(CC)Nn1c(=O)c(C2=NS(=O)(=O)c3ccccc3N2)c(O)c2cccnc21. The molecule has 162 valence electrons. The summed E-state index contributed by atoms with van der Waals surface area (Å²) in [7, 11) is -4.05. The average Bonchev–Trinajstić information content (AvgIpc) is 2.75. The Morgan fingerprint density at radius 1 is 1.19 bits per heavy atom. The molecule has 1 atom stereocenters. The van der Waals surface area contributed by atoms with E-state index in [-0.39, 0.29) is 39.4 Å². The molecule has 0 spiro atoms. The number of anilines is 1. The summed E-state index contributed by atoms with van der Waals surface area (Å²) < 4.78 is 30.4. The normalized spacial score (nSPS) is 15.6. The second-order valence-corrected chi connectivity index (χ2v) is 8.87. The quantitative estimate of drug-likeness (QED) is 0.537. The molecule has 2 aromatic heterocycles. The number of rotatable bonds is 6. The van der Waals surface area contributed by atoms with E-state index in [0.717, 1.165) is 19.3 Å². The predicted molar refractivity (Wildman–Crippen MR) is 120 cm³/mol. The van der Waals surface area contributed by atoms with E-state index in [0.29, 0.717) is 5.39 Å². The molecule has 10 heteroatoms. The van der Waals surface area contributed by atoms with Gasteiger partial charge in [0, 0.05) is 12.2 Å². The Labute approximate surface area is 179 Å². The molecule has 1 aromatic carbocycles. The first-order valence-corrected chi connectivity index (χ1v) is 11.5. The third-order valence-electron chi connectivity index (χ3n) is 5.22. The largest absolute Gasteiger partial charge is 0.506 e. The van der Waals surface area contributed by atoms with Gasteiger partial charge in [-0.3, -0.25) is 4.79 Å². The van der Waals surface area contributed by atoms with Crippen LogP contribution in [0.1, 0.15) is 38.7 Å². The van der Waals surface area contributed by atoms with Crippen LogP contribution in [0.2, 0.25) is 0 Å². The van der Waals surface area contributed by atoms with E-state index in [9.17, 15) is 18.3 Å². The van der Waals surface area contributed by atoms with Crippen molar-refractivity contribution in [2.45, 2.75) is 44.0 Å². The zero-order valence-electron chi connectivity index (χ0n) is 17.2. The van der Waals surface area contributed by atoms with Gasteiger partial charge in [-0.25, -0.2) is 9.66 Å². The third-order valence-corrected chi connectivity index (χ3v) is 6.55. The van der Waals surface area contributed by atoms with Gasteiger partial charge < -0.3 is 15.8 Å². The molecular formula is C21H23N5O4S. The first-order chi connectivity index (χ1) is 14.9. The number of fused-ring (bicyclic) bond motifs is 2. The molecule has 4 rings (SSSR count). The van der Waals surface area contributed by atoms with Crippen LogP contribution < -0.4 is 16.3 Å². The van der Waals surface area contributed by atoms with Crippen LogP contribution in [0.3, 0.4) is 0 Å². The van der Waals surface area contributed by atoms with E-state index >= 15 is 0 Å². The van der Waals surface area contributed by atoms with Crippen molar-refractivity contribution in [3.05, 3.63) is 58.5 Å². The predicted octanol–water partition coefficient (Wildman–Crippen LogP) is 2.79. The number of pyridine rings is 2. The number of sulfonamides is 1. The standard InChI is InChI=1S/C21H23N5O4S/c1-3-8-13(4-2)24-26-20-14(9-7-12-22-20)18(27)17(21(26)28)19-23-15-10-5-6-11-16(15)31(29,30)25-19/h5-7,9-13,24,27H,3-4,8H2,1-2H3,(H,23,25). The van der Waals surface area contributed by atoms with E-state index in [1.165, 1.54) is 16.9 Å². The Morgan fingerprint density at radius 3 is 2.71 bits per heavy atom. The molecule has 3 aromatic rings. The maximum absolute atomic E-state index is 13.5. The molecule has 0 fully saturated rings.